The molecule has 0 saturated carbocycles. The summed E-state index contributed by atoms with van der Waals surface area (Å²) >= 11 is 5.85. The lowest BCUT2D eigenvalue weighted by atomic mass is 10.1. The van der Waals surface area contributed by atoms with Crippen LogP contribution in [0, 0.1) is 0 Å². The minimum Gasteiger partial charge on any atom is -0.352 e. The summed E-state index contributed by atoms with van der Waals surface area (Å²) < 4.78 is 0. The molecule has 0 saturated heterocycles. The molecule has 19 heavy (non-hydrogen) atoms. The zero-order chi connectivity index (χ0) is 13.9. The number of amides is 1. The molecule has 1 amide bonds. The van der Waals surface area contributed by atoms with Crippen LogP contribution in [0.5, 0.6) is 0 Å². The molecular weight excluding hydrogens is 258 g/mol. The summed E-state index contributed by atoms with van der Waals surface area (Å²) in [6.45, 7) is 2.98. The number of halogens is 1. The highest BCUT2D eigenvalue weighted by Crippen LogP contribution is 2.10. The van der Waals surface area contributed by atoms with Gasteiger partial charge in [0.2, 0.25) is 0 Å². The van der Waals surface area contributed by atoms with E-state index in [9.17, 15) is 4.79 Å². The minimum absolute atomic E-state index is 0.0338. The molecule has 0 fully saturated rings. The number of rotatable bonds is 9. The molecule has 0 spiro atoms. The van der Waals surface area contributed by atoms with Gasteiger partial charge in [-0.3, -0.25) is 4.79 Å². The Balaban J connectivity index is 2.08. The van der Waals surface area contributed by atoms with Crippen LogP contribution < -0.4 is 5.32 Å². The van der Waals surface area contributed by atoms with Gasteiger partial charge in [-0.2, -0.15) is 0 Å². The first kappa shape index (κ1) is 16.0. The first-order valence-corrected chi connectivity index (χ1v) is 7.65. The lowest BCUT2D eigenvalue weighted by Gasteiger charge is -2.05. The highest BCUT2D eigenvalue weighted by Gasteiger charge is 2.04. The van der Waals surface area contributed by atoms with E-state index in [0.29, 0.717) is 10.6 Å². The van der Waals surface area contributed by atoms with Gasteiger partial charge in [0, 0.05) is 17.1 Å². The third-order valence-electron chi connectivity index (χ3n) is 3.15. The average molecular weight is 282 g/mol. The smallest absolute Gasteiger partial charge is 0.251 e. The Morgan fingerprint density at radius 3 is 2.47 bits per heavy atom. The summed E-state index contributed by atoms with van der Waals surface area (Å²) in [5, 5.41) is 3.53. The largest absolute Gasteiger partial charge is 0.352 e. The summed E-state index contributed by atoms with van der Waals surface area (Å²) in [6.07, 6.45) is 8.80. The molecule has 0 atom stereocenters. The second-order valence-electron chi connectivity index (χ2n) is 4.89. The van der Waals surface area contributed by atoms with Gasteiger partial charge in [-0.05, 0) is 24.6 Å². The molecule has 0 heterocycles. The number of benzene rings is 1. The van der Waals surface area contributed by atoms with E-state index < -0.39 is 0 Å². The molecule has 0 bridgehead atoms. The molecule has 0 aliphatic carbocycles. The van der Waals surface area contributed by atoms with Gasteiger partial charge >= 0.3 is 0 Å². The van der Waals surface area contributed by atoms with Crippen LogP contribution in [0.2, 0.25) is 5.02 Å². The van der Waals surface area contributed by atoms with E-state index in [4.69, 9.17) is 11.6 Å². The SMILES string of the molecule is CCCCCCCCCNC(=O)c1cccc(Cl)c1. The Labute approximate surface area is 121 Å². The van der Waals surface area contributed by atoms with Crippen LogP contribution in [-0.2, 0) is 0 Å². The number of carbonyl (C=O) groups is 1. The predicted octanol–water partition coefficient (Wildman–Crippen LogP) is 4.82. The van der Waals surface area contributed by atoms with Crippen LogP contribution in [0.25, 0.3) is 0 Å². The first-order chi connectivity index (χ1) is 9.24. The maximum absolute atomic E-state index is 11.8. The fourth-order valence-corrected chi connectivity index (χ4v) is 2.21. The van der Waals surface area contributed by atoms with Crippen molar-refractivity contribution in [2.45, 2.75) is 51.9 Å². The maximum Gasteiger partial charge on any atom is 0.251 e. The van der Waals surface area contributed by atoms with Gasteiger partial charge in [0.25, 0.3) is 5.91 Å². The first-order valence-electron chi connectivity index (χ1n) is 7.28. The van der Waals surface area contributed by atoms with Crippen molar-refractivity contribution in [1.29, 1.82) is 0 Å². The summed E-state index contributed by atoms with van der Waals surface area (Å²) in [4.78, 5) is 11.8. The Morgan fingerprint density at radius 1 is 1.11 bits per heavy atom. The molecule has 0 unspecified atom stereocenters. The molecule has 106 valence electrons. The number of unbranched alkanes of at least 4 members (excludes halogenated alkanes) is 6. The molecule has 1 aromatic carbocycles. The van der Waals surface area contributed by atoms with Crippen molar-refractivity contribution in [1.82, 2.24) is 5.32 Å². The number of hydrogen-bond donors (Lipinski definition) is 1. The summed E-state index contributed by atoms with van der Waals surface area (Å²) in [5.74, 6) is -0.0338. The minimum atomic E-state index is -0.0338. The van der Waals surface area contributed by atoms with Gasteiger partial charge in [0.05, 0.1) is 0 Å². The third-order valence-corrected chi connectivity index (χ3v) is 3.39. The van der Waals surface area contributed by atoms with E-state index in [0.717, 1.165) is 13.0 Å². The van der Waals surface area contributed by atoms with Crippen molar-refractivity contribution < 1.29 is 4.79 Å². The monoisotopic (exact) mass is 281 g/mol. The van der Waals surface area contributed by atoms with Gasteiger partial charge in [-0.25, -0.2) is 0 Å². The topological polar surface area (TPSA) is 29.1 Å². The average Bonchev–Trinajstić information content (AvgIpc) is 2.41. The van der Waals surface area contributed by atoms with Crippen molar-refractivity contribution in [3.05, 3.63) is 34.9 Å². The highest BCUT2D eigenvalue weighted by atomic mass is 35.5. The molecule has 0 aliphatic rings. The molecule has 1 aromatic rings. The second kappa shape index (κ2) is 9.85. The predicted molar refractivity (Wildman–Crippen MR) is 81.8 cm³/mol. The lowest BCUT2D eigenvalue weighted by Crippen LogP contribution is -2.24. The zero-order valence-electron chi connectivity index (χ0n) is 11.8. The van der Waals surface area contributed by atoms with E-state index >= 15 is 0 Å². The Bertz CT molecular complexity index is 379. The van der Waals surface area contributed by atoms with Gasteiger partial charge in [-0.1, -0.05) is 63.1 Å². The van der Waals surface area contributed by atoms with Crippen LogP contribution in [0.1, 0.15) is 62.2 Å². The highest BCUT2D eigenvalue weighted by molar-refractivity contribution is 6.30. The number of nitrogens with one attached hydrogen (secondary N) is 1. The van der Waals surface area contributed by atoms with Crippen molar-refractivity contribution in [3.63, 3.8) is 0 Å². The second-order valence-corrected chi connectivity index (χ2v) is 5.32. The van der Waals surface area contributed by atoms with E-state index in [1.54, 1.807) is 24.3 Å². The number of carbonyl (C=O) groups excluding carboxylic acids is 1. The lowest BCUT2D eigenvalue weighted by molar-refractivity contribution is 0.0953. The third kappa shape index (κ3) is 7.22. The Morgan fingerprint density at radius 2 is 1.79 bits per heavy atom. The molecule has 2 nitrogen and oxygen atoms in total. The fourth-order valence-electron chi connectivity index (χ4n) is 2.02. The van der Waals surface area contributed by atoms with E-state index in [2.05, 4.69) is 12.2 Å². The summed E-state index contributed by atoms with van der Waals surface area (Å²) in [7, 11) is 0. The molecule has 0 radical (unpaired) electrons. The quantitative estimate of drug-likeness (QED) is 0.646. The van der Waals surface area contributed by atoms with E-state index in [-0.39, 0.29) is 5.91 Å². The van der Waals surface area contributed by atoms with Crippen LogP contribution in [0.15, 0.2) is 24.3 Å². The van der Waals surface area contributed by atoms with Gasteiger partial charge < -0.3 is 5.32 Å². The molecular formula is C16H24ClNO. The van der Waals surface area contributed by atoms with Crippen LogP contribution in [-0.4, -0.2) is 12.5 Å². The van der Waals surface area contributed by atoms with Crippen LogP contribution in [0.3, 0.4) is 0 Å². The Hall–Kier alpha value is -1.02. The van der Waals surface area contributed by atoms with Gasteiger partial charge in [0.15, 0.2) is 0 Å². The normalized spacial score (nSPS) is 10.4. The van der Waals surface area contributed by atoms with Crippen molar-refractivity contribution in [2.24, 2.45) is 0 Å². The number of hydrogen-bond acceptors (Lipinski definition) is 1. The molecule has 3 heteroatoms. The van der Waals surface area contributed by atoms with E-state index in [1.807, 2.05) is 0 Å². The molecule has 1 rings (SSSR count). The standard InChI is InChI=1S/C16H24ClNO/c1-2-3-4-5-6-7-8-12-18-16(19)14-10-9-11-15(17)13-14/h9-11,13H,2-8,12H2,1H3,(H,18,19). The summed E-state index contributed by atoms with van der Waals surface area (Å²) in [5.41, 5.74) is 0.635. The fraction of sp³-hybridized carbons (Fsp3) is 0.562. The van der Waals surface area contributed by atoms with Gasteiger partial charge in [-0.15, -0.1) is 0 Å². The van der Waals surface area contributed by atoms with E-state index in [1.165, 1.54) is 38.5 Å². The Kier molecular flexibility index (Phi) is 8.31. The van der Waals surface area contributed by atoms with Crippen molar-refractivity contribution in [3.8, 4) is 0 Å². The molecule has 0 aliphatic heterocycles. The molecule has 1 N–H and O–H groups in total. The van der Waals surface area contributed by atoms with Crippen molar-refractivity contribution in [2.75, 3.05) is 6.54 Å². The maximum atomic E-state index is 11.8. The van der Waals surface area contributed by atoms with Crippen molar-refractivity contribution >= 4 is 17.5 Å². The van der Waals surface area contributed by atoms with Crippen LogP contribution in [0.4, 0.5) is 0 Å². The zero-order valence-corrected chi connectivity index (χ0v) is 12.5. The summed E-state index contributed by atoms with van der Waals surface area (Å²) in [6, 6.07) is 7.05. The van der Waals surface area contributed by atoms with Crippen LogP contribution >= 0.6 is 11.6 Å². The van der Waals surface area contributed by atoms with Gasteiger partial charge in [0.1, 0.15) is 0 Å². The molecule has 0 aromatic heterocycles.